The Morgan fingerprint density at radius 3 is 2.67 bits per heavy atom. The Kier molecular flexibility index (Phi) is 2.04. The predicted molar refractivity (Wildman–Crippen MR) is 55.2 cm³/mol. The molecule has 1 saturated heterocycles. The maximum atomic E-state index is 11.8. The largest absolute Gasteiger partial charge is 0.376 e. The van der Waals surface area contributed by atoms with E-state index in [1.54, 1.807) is 0 Å². The summed E-state index contributed by atoms with van der Waals surface area (Å²) in [6.45, 7) is 0.781. The second kappa shape index (κ2) is 3.19. The number of ether oxygens (including phenoxy) is 1. The molecule has 4 nitrogen and oxygen atoms in total. The summed E-state index contributed by atoms with van der Waals surface area (Å²) >= 11 is 0. The first-order chi connectivity index (χ1) is 7.19. The Morgan fingerprint density at radius 2 is 2.07 bits per heavy atom. The van der Waals surface area contributed by atoms with Crippen molar-refractivity contribution in [3.8, 4) is 0 Å². The SMILES string of the molecule is NC1(C(=O)NC2CCOC2C2CC2)CC1. The summed E-state index contributed by atoms with van der Waals surface area (Å²) in [6.07, 6.45) is 5.39. The summed E-state index contributed by atoms with van der Waals surface area (Å²) in [5, 5.41) is 3.06. The predicted octanol–water partition coefficient (Wildman–Crippen LogP) is 0.161. The highest BCUT2D eigenvalue weighted by molar-refractivity contribution is 5.89. The van der Waals surface area contributed by atoms with E-state index in [1.807, 2.05) is 0 Å². The summed E-state index contributed by atoms with van der Waals surface area (Å²) in [5.74, 6) is 0.717. The molecule has 0 aromatic carbocycles. The lowest BCUT2D eigenvalue weighted by atomic mass is 10.1. The number of hydrogen-bond acceptors (Lipinski definition) is 3. The number of carbonyl (C=O) groups is 1. The van der Waals surface area contributed by atoms with Gasteiger partial charge < -0.3 is 15.8 Å². The highest BCUT2D eigenvalue weighted by Crippen LogP contribution is 2.39. The third kappa shape index (κ3) is 1.76. The van der Waals surface area contributed by atoms with Crippen molar-refractivity contribution in [1.29, 1.82) is 0 Å². The van der Waals surface area contributed by atoms with E-state index in [4.69, 9.17) is 10.5 Å². The molecular weight excluding hydrogens is 192 g/mol. The van der Waals surface area contributed by atoms with Gasteiger partial charge in [0.2, 0.25) is 5.91 Å². The quantitative estimate of drug-likeness (QED) is 0.697. The number of hydrogen-bond donors (Lipinski definition) is 2. The topological polar surface area (TPSA) is 64.4 Å². The molecule has 0 radical (unpaired) electrons. The molecule has 0 aromatic heterocycles. The van der Waals surface area contributed by atoms with E-state index in [1.165, 1.54) is 12.8 Å². The molecule has 1 aliphatic heterocycles. The monoisotopic (exact) mass is 210 g/mol. The van der Waals surface area contributed by atoms with Crippen LogP contribution in [0, 0.1) is 5.92 Å². The minimum atomic E-state index is -0.545. The Hall–Kier alpha value is -0.610. The first-order valence-corrected chi connectivity index (χ1v) is 5.90. The molecule has 3 aliphatic rings. The Bertz CT molecular complexity index is 284. The summed E-state index contributed by atoms with van der Waals surface area (Å²) in [5.41, 5.74) is 5.31. The van der Waals surface area contributed by atoms with Gasteiger partial charge in [-0.15, -0.1) is 0 Å². The molecule has 1 heterocycles. The van der Waals surface area contributed by atoms with Gasteiger partial charge >= 0.3 is 0 Å². The lowest BCUT2D eigenvalue weighted by Gasteiger charge is -2.21. The fourth-order valence-electron chi connectivity index (χ4n) is 2.33. The van der Waals surface area contributed by atoms with Crippen molar-refractivity contribution in [3.63, 3.8) is 0 Å². The molecule has 0 spiro atoms. The summed E-state index contributed by atoms with van der Waals surface area (Å²) in [4.78, 5) is 11.8. The van der Waals surface area contributed by atoms with Crippen molar-refractivity contribution in [1.82, 2.24) is 5.32 Å². The van der Waals surface area contributed by atoms with Gasteiger partial charge in [0, 0.05) is 6.61 Å². The van der Waals surface area contributed by atoms with Gasteiger partial charge in [-0.25, -0.2) is 0 Å². The Morgan fingerprint density at radius 1 is 1.33 bits per heavy atom. The van der Waals surface area contributed by atoms with Gasteiger partial charge in [-0.2, -0.15) is 0 Å². The highest BCUT2D eigenvalue weighted by atomic mass is 16.5. The Labute approximate surface area is 89.5 Å². The van der Waals surface area contributed by atoms with Crippen LogP contribution in [0.4, 0.5) is 0 Å². The fraction of sp³-hybridized carbons (Fsp3) is 0.909. The number of carbonyl (C=O) groups excluding carboxylic acids is 1. The van der Waals surface area contributed by atoms with Gasteiger partial charge in [0.25, 0.3) is 0 Å². The minimum absolute atomic E-state index is 0.0312. The van der Waals surface area contributed by atoms with Crippen LogP contribution in [0.5, 0.6) is 0 Å². The molecule has 3 fully saturated rings. The molecule has 0 bridgehead atoms. The van der Waals surface area contributed by atoms with Crippen LogP contribution >= 0.6 is 0 Å². The van der Waals surface area contributed by atoms with Crippen LogP contribution in [0.15, 0.2) is 0 Å². The van der Waals surface area contributed by atoms with Crippen LogP contribution in [0.25, 0.3) is 0 Å². The van der Waals surface area contributed by atoms with Crippen molar-refractivity contribution in [2.75, 3.05) is 6.61 Å². The molecule has 84 valence electrons. The normalized spacial score (nSPS) is 37.7. The molecule has 3 N–H and O–H groups in total. The van der Waals surface area contributed by atoms with Crippen molar-refractivity contribution < 1.29 is 9.53 Å². The van der Waals surface area contributed by atoms with E-state index in [2.05, 4.69) is 5.32 Å². The van der Waals surface area contributed by atoms with Crippen LogP contribution in [0.3, 0.4) is 0 Å². The van der Waals surface area contributed by atoms with Crippen molar-refractivity contribution in [2.24, 2.45) is 11.7 Å². The van der Waals surface area contributed by atoms with E-state index in [9.17, 15) is 4.79 Å². The van der Waals surface area contributed by atoms with Crippen molar-refractivity contribution in [2.45, 2.75) is 49.8 Å². The molecule has 15 heavy (non-hydrogen) atoms. The molecule has 2 atom stereocenters. The average molecular weight is 210 g/mol. The number of rotatable bonds is 3. The maximum absolute atomic E-state index is 11.8. The van der Waals surface area contributed by atoms with Crippen LogP contribution in [-0.2, 0) is 9.53 Å². The van der Waals surface area contributed by atoms with Gasteiger partial charge in [0.1, 0.15) is 0 Å². The molecule has 2 aliphatic carbocycles. The third-order valence-electron chi connectivity index (χ3n) is 3.78. The molecule has 2 unspecified atom stereocenters. The van der Waals surface area contributed by atoms with Crippen LogP contribution in [0.1, 0.15) is 32.1 Å². The molecule has 2 saturated carbocycles. The molecule has 3 rings (SSSR count). The lowest BCUT2D eigenvalue weighted by molar-refractivity contribution is -0.124. The van der Waals surface area contributed by atoms with E-state index in [0.717, 1.165) is 25.9 Å². The smallest absolute Gasteiger partial charge is 0.240 e. The molecular formula is C11H18N2O2. The van der Waals surface area contributed by atoms with Crippen LogP contribution in [-0.4, -0.2) is 30.2 Å². The van der Waals surface area contributed by atoms with E-state index < -0.39 is 5.54 Å². The van der Waals surface area contributed by atoms with E-state index in [0.29, 0.717) is 5.92 Å². The fourth-order valence-corrected chi connectivity index (χ4v) is 2.33. The third-order valence-corrected chi connectivity index (χ3v) is 3.78. The lowest BCUT2D eigenvalue weighted by Crippen LogP contribution is -2.50. The zero-order valence-electron chi connectivity index (χ0n) is 8.87. The summed E-state index contributed by atoms with van der Waals surface area (Å²) in [7, 11) is 0. The minimum Gasteiger partial charge on any atom is -0.376 e. The molecule has 1 amide bonds. The van der Waals surface area contributed by atoms with E-state index >= 15 is 0 Å². The first-order valence-electron chi connectivity index (χ1n) is 5.90. The number of amides is 1. The van der Waals surface area contributed by atoms with Crippen LogP contribution in [0.2, 0.25) is 0 Å². The average Bonchev–Trinajstić information content (AvgIpc) is 3.12. The van der Waals surface area contributed by atoms with Crippen molar-refractivity contribution >= 4 is 5.91 Å². The van der Waals surface area contributed by atoms with Gasteiger partial charge in [0.15, 0.2) is 0 Å². The van der Waals surface area contributed by atoms with Gasteiger partial charge in [0.05, 0.1) is 17.7 Å². The van der Waals surface area contributed by atoms with E-state index in [-0.39, 0.29) is 18.1 Å². The van der Waals surface area contributed by atoms with Gasteiger partial charge in [-0.3, -0.25) is 4.79 Å². The number of nitrogens with two attached hydrogens (primary N) is 1. The first kappa shape index (κ1) is 9.60. The second-order valence-electron chi connectivity index (χ2n) is 5.20. The number of nitrogens with one attached hydrogen (secondary N) is 1. The molecule has 4 heteroatoms. The Balaban J connectivity index is 1.59. The summed E-state index contributed by atoms with van der Waals surface area (Å²) < 4.78 is 5.67. The highest BCUT2D eigenvalue weighted by Gasteiger charge is 2.48. The molecule has 0 aromatic rings. The standard InChI is InChI=1S/C11H18N2O2/c12-11(4-5-11)10(14)13-8-3-6-15-9(8)7-1-2-7/h7-9H,1-6,12H2,(H,13,14). The van der Waals surface area contributed by atoms with Crippen molar-refractivity contribution in [3.05, 3.63) is 0 Å². The zero-order chi connectivity index (χ0) is 10.5. The van der Waals surface area contributed by atoms with Gasteiger partial charge in [-0.05, 0) is 38.0 Å². The van der Waals surface area contributed by atoms with Crippen LogP contribution < -0.4 is 11.1 Å². The summed E-state index contributed by atoms with van der Waals surface area (Å²) in [6, 6.07) is 0.214. The van der Waals surface area contributed by atoms with Gasteiger partial charge in [-0.1, -0.05) is 0 Å². The zero-order valence-corrected chi connectivity index (χ0v) is 8.87. The maximum Gasteiger partial charge on any atom is 0.240 e. The second-order valence-corrected chi connectivity index (χ2v) is 5.20.